The number of nitrogens with one attached hydrogen (secondary N) is 2. The van der Waals surface area contributed by atoms with Gasteiger partial charge in [-0.25, -0.2) is 0 Å². The molecule has 1 aliphatic rings. The van der Waals surface area contributed by atoms with Gasteiger partial charge in [-0.15, -0.1) is 0 Å². The van der Waals surface area contributed by atoms with Gasteiger partial charge in [0.1, 0.15) is 0 Å². The fourth-order valence-corrected chi connectivity index (χ4v) is 3.13. The highest BCUT2D eigenvalue weighted by molar-refractivity contribution is 6.30. The van der Waals surface area contributed by atoms with Gasteiger partial charge in [0.25, 0.3) is 0 Å². The molecule has 1 saturated heterocycles. The molecule has 1 aliphatic heterocycles. The van der Waals surface area contributed by atoms with Crippen molar-refractivity contribution in [2.75, 3.05) is 46.4 Å². The maximum Gasteiger partial charge on any atom is 0.191 e. The molecule has 1 heterocycles. The Kier molecular flexibility index (Phi) is 9.18. The summed E-state index contributed by atoms with van der Waals surface area (Å²) in [5.74, 6) is 0.760. The molecule has 26 heavy (non-hydrogen) atoms. The van der Waals surface area contributed by atoms with Crippen molar-refractivity contribution in [2.45, 2.75) is 31.9 Å². The molecule has 0 radical (unpaired) electrons. The van der Waals surface area contributed by atoms with Crippen LogP contribution in [0.4, 0.5) is 0 Å². The average Bonchev–Trinajstić information content (AvgIpc) is 2.66. The average molecular weight is 383 g/mol. The number of methoxy groups -OCH3 is 1. The molecule has 0 bridgehead atoms. The van der Waals surface area contributed by atoms with Crippen LogP contribution >= 0.6 is 11.6 Å². The number of rotatable bonds is 8. The second kappa shape index (κ2) is 11.4. The molecular formula is C19H31ClN4O2. The Labute approximate surface area is 161 Å². The number of guanidine groups is 1. The number of aliphatic hydroxyl groups excluding tert-OH is 1. The predicted molar refractivity (Wildman–Crippen MR) is 107 cm³/mol. The van der Waals surface area contributed by atoms with Gasteiger partial charge in [-0.05, 0) is 37.5 Å². The van der Waals surface area contributed by atoms with Gasteiger partial charge in [-0.1, -0.05) is 23.7 Å². The molecule has 2 rings (SSSR count). The van der Waals surface area contributed by atoms with E-state index >= 15 is 0 Å². The minimum Gasteiger partial charge on any atom is -0.386 e. The summed E-state index contributed by atoms with van der Waals surface area (Å²) in [6, 6.07) is 7.63. The zero-order chi connectivity index (χ0) is 18.8. The van der Waals surface area contributed by atoms with E-state index in [4.69, 9.17) is 16.3 Å². The van der Waals surface area contributed by atoms with E-state index in [2.05, 4.69) is 20.5 Å². The van der Waals surface area contributed by atoms with Crippen molar-refractivity contribution in [2.24, 2.45) is 4.99 Å². The first-order chi connectivity index (χ1) is 12.6. The minimum atomic E-state index is -0.640. The van der Waals surface area contributed by atoms with Crippen LogP contribution in [0.15, 0.2) is 29.3 Å². The molecule has 0 amide bonds. The summed E-state index contributed by atoms with van der Waals surface area (Å²) in [6.07, 6.45) is 1.51. The lowest BCUT2D eigenvalue weighted by molar-refractivity contribution is 0.128. The van der Waals surface area contributed by atoms with Crippen LogP contribution in [-0.4, -0.2) is 68.4 Å². The Hall–Kier alpha value is -1.34. The molecule has 0 aliphatic carbocycles. The third-order valence-corrected chi connectivity index (χ3v) is 4.81. The van der Waals surface area contributed by atoms with Crippen molar-refractivity contribution in [1.82, 2.24) is 15.5 Å². The summed E-state index contributed by atoms with van der Waals surface area (Å²) < 4.78 is 5.15. The molecule has 0 aromatic heterocycles. The van der Waals surface area contributed by atoms with Crippen LogP contribution in [0.2, 0.25) is 5.02 Å². The molecule has 1 atom stereocenters. The van der Waals surface area contributed by atoms with Gasteiger partial charge >= 0.3 is 0 Å². The first kappa shape index (κ1) is 21.0. The molecule has 1 unspecified atom stereocenters. The van der Waals surface area contributed by atoms with E-state index in [-0.39, 0.29) is 0 Å². The number of benzene rings is 1. The van der Waals surface area contributed by atoms with Crippen LogP contribution in [-0.2, 0) is 4.74 Å². The second-order valence-corrected chi connectivity index (χ2v) is 6.98. The molecule has 7 heteroatoms. The topological polar surface area (TPSA) is 69.1 Å². The summed E-state index contributed by atoms with van der Waals surface area (Å²) in [7, 11) is 1.74. The lowest BCUT2D eigenvalue weighted by atomic mass is 10.1. The maximum absolute atomic E-state index is 10.3. The normalized spacial score (nSPS) is 17.9. The van der Waals surface area contributed by atoms with E-state index in [0.717, 1.165) is 57.2 Å². The lowest BCUT2D eigenvalue weighted by Gasteiger charge is -2.32. The number of hydrogen-bond donors (Lipinski definition) is 3. The molecule has 0 saturated carbocycles. The summed E-state index contributed by atoms with van der Waals surface area (Å²) >= 11 is 5.89. The fourth-order valence-electron chi connectivity index (χ4n) is 3.00. The Bertz CT molecular complexity index is 545. The number of ether oxygens (including phenoxy) is 1. The Morgan fingerprint density at radius 1 is 1.35 bits per heavy atom. The number of piperidine rings is 1. The van der Waals surface area contributed by atoms with Crippen molar-refractivity contribution in [1.29, 1.82) is 0 Å². The molecule has 1 aromatic rings. The molecule has 3 N–H and O–H groups in total. The smallest absolute Gasteiger partial charge is 0.191 e. The lowest BCUT2D eigenvalue weighted by Crippen LogP contribution is -2.49. The third-order valence-electron chi connectivity index (χ3n) is 4.56. The van der Waals surface area contributed by atoms with Crippen molar-refractivity contribution >= 4 is 17.6 Å². The van der Waals surface area contributed by atoms with E-state index in [1.165, 1.54) is 0 Å². The van der Waals surface area contributed by atoms with Gasteiger partial charge in [0.15, 0.2) is 5.96 Å². The van der Waals surface area contributed by atoms with Gasteiger partial charge in [0.05, 0.1) is 19.3 Å². The third kappa shape index (κ3) is 7.11. The standard InChI is InChI=1S/C19H31ClN4O2/c1-3-21-19(22-14-18(25)15-4-6-16(20)7-5-15)23-17-8-10-24(11-9-17)12-13-26-2/h4-7,17-18,25H,3,8-14H2,1-2H3,(H2,21,22,23). The maximum atomic E-state index is 10.3. The Morgan fingerprint density at radius 2 is 2.04 bits per heavy atom. The van der Waals surface area contributed by atoms with E-state index in [1.54, 1.807) is 19.2 Å². The fraction of sp³-hybridized carbons (Fsp3) is 0.632. The van der Waals surface area contributed by atoms with Crippen LogP contribution in [0.3, 0.4) is 0 Å². The van der Waals surface area contributed by atoms with Crippen LogP contribution < -0.4 is 10.6 Å². The molecular weight excluding hydrogens is 352 g/mol. The van der Waals surface area contributed by atoms with Gasteiger partial charge in [0, 0.05) is 44.4 Å². The highest BCUT2D eigenvalue weighted by Gasteiger charge is 2.19. The van der Waals surface area contributed by atoms with E-state index in [1.807, 2.05) is 19.1 Å². The highest BCUT2D eigenvalue weighted by atomic mass is 35.5. The van der Waals surface area contributed by atoms with Gasteiger partial charge in [0.2, 0.25) is 0 Å². The first-order valence-electron chi connectivity index (χ1n) is 9.32. The predicted octanol–water partition coefficient (Wildman–Crippen LogP) is 2.04. The molecule has 146 valence electrons. The summed E-state index contributed by atoms with van der Waals surface area (Å²) in [5, 5.41) is 17.8. The van der Waals surface area contributed by atoms with Crippen LogP contribution in [0.25, 0.3) is 0 Å². The number of likely N-dealkylation sites (tertiary alicyclic amines) is 1. The van der Waals surface area contributed by atoms with E-state index in [9.17, 15) is 5.11 Å². The second-order valence-electron chi connectivity index (χ2n) is 6.54. The zero-order valence-electron chi connectivity index (χ0n) is 15.7. The summed E-state index contributed by atoms with van der Waals surface area (Å²) in [4.78, 5) is 6.98. The minimum absolute atomic E-state index is 0.309. The number of aliphatic imine (C=N–C) groups is 1. The highest BCUT2D eigenvalue weighted by Crippen LogP contribution is 2.16. The number of halogens is 1. The molecule has 1 aromatic carbocycles. The van der Waals surface area contributed by atoms with Gasteiger partial charge in [-0.2, -0.15) is 0 Å². The van der Waals surface area contributed by atoms with Crippen molar-refractivity contribution in [3.63, 3.8) is 0 Å². The Balaban J connectivity index is 1.83. The van der Waals surface area contributed by atoms with Crippen LogP contribution in [0, 0.1) is 0 Å². The van der Waals surface area contributed by atoms with Crippen LogP contribution in [0.1, 0.15) is 31.4 Å². The van der Waals surface area contributed by atoms with Gasteiger partial charge in [-0.3, -0.25) is 4.99 Å². The van der Waals surface area contributed by atoms with Crippen molar-refractivity contribution in [3.8, 4) is 0 Å². The van der Waals surface area contributed by atoms with E-state index in [0.29, 0.717) is 17.6 Å². The summed E-state index contributed by atoms with van der Waals surface area (Å²) in [6.45, 7) is 7.04. The summed E-state index contributed by atoms with van der Waals surface area (Å²) in [5.41, 5.74) is 0.820. The first-order valence-corrected chi connectivity index (χ1v) is 9.69. The van der Waals surface area contributed by atoms with Gasteiger partial charge < -0.3 is 25.4 Å². The van der Waals surface area contributed by atoms with E-state index < -0.39 is 6.10 Å². The SMILES string of the molecule is CCNC(=NCC(O)c1ccc(Cl)cc1)NC1CCN(CCOC)CC1. The number of aliphatic hydroxyl groups is 1. The molecule has 1 fully saturated rings. The monoisotopic (exact) mass is 382 g/mol. The Morgan fingerprint density at radius 3 is 2.65 bits per heavy atom. The van der Waals surface area contributed by atoms with Crippen molar-refractivity contribution < 1.29 is 9.84 Å². The van der Waals surface area contributed by atoms with Crippen LogP contribution in [0.5, 0.6) is 0 Å². The van der Waals surface area contributed by atoms with Crippen molar-refractivity contribution in [3.05, 3.63) is 34.9 Å². The molecule has 0 spiro atoms. The quantitative estimate of drug-likeness (QED) is 0.474. The zero-order valence-corrected chi connectivity index (χ0v) is 16.5. The number of hydrogen-bond acceptors (Lipinski definition) is 4. The molecule has 6 nitrogen and oxygen atoms in total. The number of nitrogens with zero attached hydrogens (tertiary/aromatic N) is 2. The largest absolute Gasteiger partial charge is 0.386 e.